The van der Waals surface area contributed by atoms with Gasteiger partial charge in [-0.15, -0.1) is 0 Å². The number of piperazine rings is 1. The van der Waals surface area contributed by atoms with Gasteiger partial charge in [0.15, 0.2) is 5.82 Å². The predicted molar refractivity (Wildman–Crippen MR) is 177 cm³/mol. The molecule has 5 rings (SSSR count). The lowest BCUT2D eigenvalue weighted by Crippen LogP contribution is -2.56. The summed E-state index contributed by atoms with van der Waals surface area (Å²) in [5.41, 5.74) is 0.0553. The van der Waals surface area contributed by atoms with Crippen LogP contribution in [0.15, 0.2) is 66.7 Å². The average molecular weight is 658 g/mol. The molecule has 1 saturated heterocycles. The van der Waals surface area contributed by atoms with Gasteiger partial charge in [0.1, 0.15) is 29.2 Å². The van der Waals surface area contributed by atoms with Crippen LogP contribution < -0.4 is 14.8 Å². The van der Waals surface area contributed by atoms with Gasteiger partial charge in [-0.05, 0) is 65.0 Å². The third-order valence-corrected chi connectivity index (χ3v) is 8.02. The van der Waals surface area contributed by atoms with E-state index in [1.807, 2.05) is 36.4 Å². The first kappa shape index (κ1) is 34.3. The van der Waals surface area contributed by atoms with Crippen molar-refractivity contribution in [2.45, 2.75) is 77.0 Å². The molecule has 12 heteroatoms. The number of hydrogen-bond acceptors (Lipinski definition) is 9. The topological polar surface area (TPSA) is 140 Å². The second-order valence-corrected chi connectivity index (χ2v) is 12.9. The second-order valence-electron chi connectivity index (χ2n) is 12.9. The number of ether oxygens (including phenoxy) is 3. The van der Waals surface area contributed by atoms with E-state index >= 15 is 0 Å². The number of nitrogens with zero attached hydrogens (tertiary/aromatic N) is 4. The highest BCUT2D eigenvalue weighted by molar-refractivity contribution is 5.97. The summed E-state index contributed by atoms with van der Waals surface area (Å²) in [5, 5.41) is 2.83. The Morgan fingerprint density at radius 2 is 1.50 bits per heavy atom. The Hall–Kier alpha value is -5.00. The van der Waals surface area contributed by atoms with Crippen LogP contribution in [0.2, 0.25) is 0 Å². The van der Waals surface area contributed by atoms with Gasteiger partial charge in [-0.2, -0.15) is 4.98 Å². The van der Waals surface area contributed by atoms with Gasteiger partial charge in [-0.25, -0.2) is 9.78 Å². The van der Waals surface area contributed by atoms with Gasteiger partial charge in [0.25, 0.3) is 5.91 Å². The Balaban J connectivity index is 1.31. The van der Waals surface area contributed by atoms with E-state index in [-0.39, 0.29) is 62.6 Å². The molecule has 1 N–H and O–H groups in total. The number of para-hydroxylation sites is 1. The molecule has 12 nitrogen and oxygen atoms in total. The first-order valence-electron chi connectivity index (χ1n) is 16.5. The molecule has 1 unspecified atom stereocenters. The fraction of sp³-hybridized carbons (Fsp3) is 0.444. The zero-order valence-corrected chi connectivity index (χ0v) is 27.7. The number of carbonyl (C=O) groups excluding carboxylic acids is 4. The summed E-state index contributed by atoms with van der Waals surface area (Å²) in [6.07, 6.45) is 3.37. The molecule has 0 bridgehead atoms. The maximum Gasteiger partial charge on any atom is 0.415 e. The number of aromatic nitrogens is 2. The summed E-state index contributed by atoms with van der Waals surface area (Å²) in [4.78, 5) is 65.3. The van der Waals surface area contributed by atoms with E-state index in [9.17, 15) is 19.2 Å². The molecule has 1 aliphatic carbocycles. The molecule has 1 aromatic heterocycles. The summed E-state index contributed by atoms with van der Waals surface area (Å²) in [5.74, 6) is -0.407. The van der Waals surface area contributed by atoms with E-state index < -0.39 is 29.6 Å². The second kappa shape index (κ2) is 15.7. The number of carbonyl (C=O) groups is 4. The Labute approximate surface area is 280 Å². The first-order chi connectivity index (χ1) is 23.0. The summed E-state index contributed by atoms with van der Waals surface area (Å²) in [6, 6.07) is 18.5. The third kappa shape index (κ3) is 9.76. The molecule has 3 aromatic rings. The van der Waals surface area contributed by atoms with Crippen molar-refractivity contribution in [3.05, 3.63) is 72.4 Å². The SMILES string of the molecule is CC(C)(C)OC(=O)CCC(NC(=O)c1cc(OC2CCCC2)nc(-c2ccccc2)n1)C(=O)N1CCN(C(=O)Oc2ccccc2)CC1. The van der Waals surface area contributed by atoms with Gasteiger partial charge in [-0.3, -0.25) is 14.4 Å². The highest BCUT2D eigenvalue weighted by atomic mass is 16.6. The normalized spacial score (nSPS) is 15.8. The van der Waals surface area contributed by atoms with Crippen LogP contribution in [0.25, 0.3) is 11.4 Å². The first-order valence-corrected chi connectivity index (χ1v) is 16.5. The molecule has 0 spiro atoms. The highest BCUT2D eigenvalue weighted by Crippen LogP contribution is 2.26. The van der Waals surface area contributed by atoms with E-state index in [1.165, 1.54) is 11.0 Å². The van der Waals surface area contributed by atoms with E-state index in [1.54, 1.807) is 49.9 Å². The molecule has 1 atom stereocenters. The largest absolute Gasteiger partial charge is 0.474 e. The van der Waals surface area contributed by atoms with Crippen LogP contribution in [0.3, 0.4) is 0 Å². The van der Waals surface area contributed by atoms with E-state index in [2.05, 4.69) is 15.3 Å². The molecule has 48 heavy (non-hydrogen) atoms. The fourth-order valence-corrected chi connectivity index (χ4v) is 5.62. The predicted octanol–water partition coefficient (Wildman–Crippen LogP) is 5.03. The molecule has 2 fully saturated rings. The molecule has 2 aromatic carbocycles. The van der Waals surface area contributed by atoms with Crippen molar-refractivity contribution < 1.29 is 33.4 Å². The van der Waals surface area contributed by atoms with E-state index in [0.29, 0.717) is 17.1 Å². The Morgan fingerprint density at radius 1 is 0.875 bits per heavy atom. The molecule has 1 aliphatic heterocycles. The van der Waals surface area contributed by atoms with Crippen molar-refractivity contribution in [2.24, 2.45) is 0 Å². The molecule has 2 heterocycles. The lowest BCUT2D eigenvalue weighted by molar-refractivity contribution is -0.155. The summed E-state index contributed by atoms with van der Waals surface area (Å²) >= 11 is 0. The molecule has 1 saturated carbocycles. The minimum Gasteiger partial charge on any atom is -0.474 e. The number of amides is 3. The Bertz CT molecular complexity index is 1560. The maximum atomic E-state index is 13.9. The van der Waals surface area contributed by atoms with Crippen LogP contribution in [0.5, 0.6) is 11.6 Å². The molecular weight excluding hydrogens is 614 g/mol. The molecule has 0 radical (unpaired) electrons. The van der Waals surface area contributed by atoms with Crippen LogP contribution in [0.1, 0.15) is 69.8 Å². The summed E-state index contributed by atoms with van der Waals surface area (Å²) in [7, 11) is 0. The van der Waals surface area contributed by atoms with Crippen molar-refractivity contribution in [3.63, 3.8) is 0 Å². The van der Waals surface area contributed by atoms with E-state index in [4.69, 9.17) is 14.2 Å². The molecule has 254 valence electrons. The van der Waals surface area contributed by atoms with Crippen molar-refractivity contribution in [2.75, 3.05) is 26.2 Å². The van der Waals surface area contributed by atoms with Crippen LogP contribution in [-0.2, 0) is 14.3 Å². The van der Waals surface area contributed by atoms with Crippen molar-refractivity contribution >= 4 is 23.9 Å². The lowest BCUT2D eigenvalue weighted by Gasteiger charge is -2.36. The highest BCUT2D eigenvalue weighted by Gasteiger charge is 2.32. The molecular formula is C36H43N5O7. The minimum absolute atomic E-state index is 0.00577. The third-order valence-electron chi connectivity index (χ3n) is 8.02. The van der Waals surface area contributed by atoms with Crippen LogP contribution in [0, 0.1) is 0 Å². The van der Waals surface area contributed by atoms with Crippen molar-refractivity contribution in [1.29, 1.82) is 0 Å². The standard InChI is InChI=1S/C36H43N5O7/c1-36(2,3)48-31(42)19-18-28(34(44)40-20-22-41(23-21-40)35(45)47-27-14-8-5-9-15-27)38-33(43)29-24-30(46-26-16-10-11-17-26)39-32(37-29)25-12-6-4-7-13-25/h4-9,12-15,24,26,28H,10-11,16-23H2,1-3H3,(H,38,43). The number of rotatable bonds is 10. The smallest absolute Gasteiger partial charge is 0.415 e. The van der Waals surface area contributed by atoms with Gasteiger partial charge in [0.05, 0.1) is 0 Å². The van der Waals surface area contributed by atoms with Gasteiger partial charge >= 0.3 is 12.1 Å². The summed E-state index contributed by atoms with van der Waals surface area (Å²) in [6.45, 7) is 6.25. The van der Waals surface area contributed by atoms with Crippen LogP contribution >= 0.6 is 0 Å². The van der Waals surface area contributed by atoms with Gasteiger partial charge in [0.2, 0.25) is 11.8 Å². The summed E-state index contributed by atoms with van der Waals surface area (Å²) < 4.78 is 17.1. The average Bonchev–Trinajstić information content (AvgIpc) is 3.59. The number of hydrogen-bond donors (Lipinski definition) is 1. The Morgan fingerprint density at radius 3 is 2.15 bits per heavy atom. The van der Waals surface area contributed by atoms with E-state index in [0.717, 1.165) is 25.7 Å². The van der Waals surface area contributed by atoms with Gasteiger partial charge < -0.3 is 29.3 Å². The van der Waals surface area contributed by atoms with Crippen LogP contribution in [-0.4, -0.2) is 87.6 Å². The zero-order valence-electron chi connectivity index (χ0n) is 27.7. The zero-order chi connectivity index (χ0) is 34.1. The quantitative estimate of drug-likeness (QED) is 0.297. The molecule has 2 aliphatic rings. The number of nitrogens with one attached hydrogen (secondary N) is 1. The monoisotopic (exact) mass is 657 g/mol. The number of esters is 1. The molecule has 3 amide bonds. The minimum atomic E-state index is -1.05. The van der Waals surface area contributed by atoms with Gasteiger partial charge in [0, 0.05) is 44.2 Å². The number of benzene rings is 2. The fourth-order valence-electron chi connectivity index (χ4n) is 5.62. The van der Waals surface area contributed by atoms with Crippen LogP contribution in [0.4, 0.5) is 4.79 Å². The van der Waals surface area contributed by atoms with Gasteiger partial charge in [-0.1, -0.05) is 48.5 Å². The maximum absolute atomic E-state index is 13.9. The lowest BCUT2D eigenvalue weighted by atomic mass is 10.1. The van der Waals surface area contributed by atoms with Crippen molar-refractivity contribution in [3.8, 4) is 23.0 Å². The van der Waals surface area contributed by atoms with Crippen molar-refractivity contribution in [1.82, 2.24) is 25.1 Å². The Kier molecular flexibility index (Phi) is 11.3.